The molecule has 1 aromatic heterocycles. The first-order chi connectivity index (χ1) is 9.75. The Kier molecular flexibility index (Phi) is 4.22. The SMILES string of the molecule is CN(CC1CCNCC1)c1nccc2c(Br)cccc12. The molecule has 2 aromatic rings. The van der Waals surface area contributed by atoms with Gasteiger partial charge in [-0.1, -0.05) is 28.1 Å². The van der Waals surface area contributed by atoms with Gasteiger partial charge in [-0.3, -0.25) is 0 Å². The Morgan fingerprint density at radius 1 is 1.25 bits per heavy atom. The maximum atomic E-state index is 4.60. The van der Waals surface area contributed by atoms with Crippen molar-refractivity contribution in [3.63, 3.8) is 0 Å². The number of fused-ring (bicyclic) bond motifs is 1. The van der Waals surface area contributed by atoms with Crippen molar-refractivity contribution in [3.8, 4) is 0 Å². The number of rotatable bonds is 3. The zero-order valence-corrected chi connectivity index (χ0v) is 13.4. The van der Waals surface area contributed by atoms with Crippen molar-refractivity contribution in [2.45, 2.75) is 12.8 Å². The predicted molar refractivity (Wildman–Crippen MR) is 88.3 cm³/mol. The highest BCUT2D eigenvalue weighted by Crippen LogP contribution is 2.30. The summed E-state index contributed by atoms with van der Waals surface area (Å²) >= 11 is 3.62. The second kappa shape index (κ2) is 6.10. The molecule has 1 aliphatic rings. The van der Waals surface area contributed by atoms with Crippen LogP contribution in [0.2, 0.25) is 0 Å². The molecule has 4 heteroatoms. The Labute approximate surface area is 128 Å². The first kappa shape index (κ1) is 13.8. The second-order valence-corrected chi connectivity index (χ2v) is 6.40. The number of anilines is 1. The van der Waals surface area contributed by atoms with E-state index < -0.39 is 0 Å². The Balaban J connectivity index is 1.87. The van der Waals surface area contributed by atoms with E-state index in [2.05, 4.69) is 62.4 Å². The predicted octanol–water partition coefficient (Wildman–Crippen LogP) is 3.43. The van der Waals surface area contributed by atoms with Gasteiger partial charge in [0.15, 0.2) is 0 Å². The molecule has 0 radical (unpaired) electrons. The first-order valence-corrected chi connectivity index (χ1v) is 8.00. The molecule has 1 aliphatic heterocycles. The van der Waals surface area contributed by atoms with Gasteiger partial charge in [0.25, 0.3) is 0 Å². The Morgan fingerprint density at radius 3 is 2.85 bits per heavy atom. The standard InChI is InChI=1S/C16H20BrN3/c1-20(11-12-5-8-18-9-6-12)16-14-3-2-4-15(17)13(14)7-10-19-16/h2-4,7,10,12,18H,5-6,8-9,11H2,1H3. The fourth-order valence-corrected chi connectivity index (χ4v) is 3.49. The first-order valence-electron chi connectivity index (χ1n) is 7.21. The number of hydrogen-bond donors (Lipinski definition) is 1. The highest BCUT2D eigenvalue weighted by molar-refractivity contribution is 9.10. The largest absolute Gasteiger partial charge is 0.359 e. The lowest BCUT2D eigenvalue weighted by atomic mass is 9.97. The molecule has 1 saturated heterocycles. The lowest BCUT2D eigenvalue weighted by molar-refractivity contribution is 0.377. The topological polar surface area (TPSA) is 28.2 Å². The van der Waals surface area contributed by atoms with E-state index >= 15 is 0 Å². The highest BCUT2D eigenvalue weighted by Gasteiger charge is 2.17. The van der Waals surface area contributed by atoms with Crippen molar-refractivity contribution in [1.82, 2.24) is 10.3 Å². The summed E-state index contributed by atoms with van der Waals surface area (Å²) in [7, 11) is 2.16. The van der Waals surface area contributed by atoms with Crippen molar-refractivity contribution in [2.75, 3.05) is 31.6 Å². The molecule has 0 aliphatic carbocycles. The third-order valence-electron chi connectivity index (χ3n) is 4.08. The van der Waals surface area contributed by atoms with Crippen LogP contribution in [0.5, 0.6) is 0 Å². The molecule has 0 amide bonds. The number of halogens is 1. The number of benzene rings is 1. The van der Waals surface area contributed by atoms with E-state index in [1.165, 1.54) is 23.6 Å². The van der Waals surface area contributed by atoms with Gasteiger partial charge in [0.05, 0.1) is 0 Å². The molecule has 0 unspecified atom stereocenters. The lowest BCUT2D eigenvalue weighted by Gasteiger charge is -2.28. The van der Waals surface area contributed by atoms with Gasteiger partial charge in [-0.2, -0.15) is 0 Å². The van der Waals surface area contributed by atoms with Gasteiger partial charge < -0.3 is 10.2 Å². The average Bonchev–Trinajstić information content (AvgIpc) is 2.48. The smallest absolute Gasteiger partial charge is 0.136 e. The van der Waals surface area contributed by atoms with Crippen LogP contribution in [-0.2, 0) is 0 Å². The fourth-order valence-electron chi connectivity index (χ4n) is 3.00. The maximum absolute atomic E-state index is 4.60. The summed E-state index contributed by atoms with van der Waals surface area (Å²) in [6.45, 7) is 3.38. The lowest BCUT2D eigenvalue weighted by Crippen LogP contribution is -2.34. The fraction of sp³-hybridized carbons (Fsp3) is 0.438. The van der Waals surface area contributed by atoms with Crippen LogP contribution in [0.25, 0.3) is 10.8 Å². The normalized spacial score (nSPS) is 16.5. The second-order valence-electron chi connectivity index (χ2n) is 5.54. The van der Waals surface area contributed by atoms with Crippen LogP contribution < -0.4 is 10.2 Å². The van der Waals surface area contributed by atoms with Crippen LogP contribution in [0.3, 0.4) is 0 Å². The monoisotopic (exact) mass is 333 g/mol. The average molecular weight is 334 g/mol. The van der Waals surface area contributed by atoms with E-state index in [1.54, 1.807) is 0 Å². The molecule has 1 fully saturated rings. The van der Waals surface area contributed by atoms with E-state index in [-0.39, 0.29) is 0 Å². The summed E-state index contributed by atoms with van der Waals surface area (Å²) in [5, 5.41) is 5.88. The molecular weight excluding hydrogens is 314 g/mol. The van der Waals surface area contributed by atoms with E-state index in [1.807, 2.05) is 6.20 Å². The van der Waals surface area contributed by atoms with Crippen LogP contribution in [-0.4, -0.2) is 31.7 Å². The highest BCUT2D eigenvalue weighted by atomic mass is 79.9. The number of aromatic nitrogens is 1. The van der Waals surface area contributed by atoms with E-state index in [0.29, 0.717) is 0 Å². The minimum absolute atomic E-state index is 0.769. The summed E-state index contributed by atoms with van der Waals surface area (Å²) in [5.41, 5.74) is 0. The summed E-state index contributed by atoms with van der Waals surface area (Å²) in [6, 6.07) is 8.39. The van der Waals surface area contributed by atoms with Crippen LogP contribution in [0.15, 0.2) is 34.9 Å². The maximum Gasteiger partial charge on any atom is 0.136 e. The van der Waals surface area contributed by atoms with Crippen molar-refractivity contribution >= 4 is 32.5 Å². The molecule has 20 heavy (non-hydrogen) atoms. The van der Waals surface area contributed by atoms with Crippen molar-refractivity contribution in [2.24, 2.45) is 5.92 Å². The van der Waals surface area contributed by atoms with Gasteiger partial charge in [-0.15, -0.1) is 0 Å². The molecular formula is C16H20BrN3. The van der Waals surface area contributed by atoms with Crippen LogP contribution in [0.4, 0.5) is 5.82 Å². The van der Waals surface area contributed by atoms with Gasteiger partial charge in [-0.05, 0) is 44.0 Å². The van der Waals surface area contributed by atoms with E-state index in [0.717, 1.165) is 35.8 Å². The third-order valence-corrected chi connectivity index (χ3v) is 4.78. The molecule has 2 heterocycles. The number of piperidine rings is 1. The van der Waals surface area contributed by atoms with E-state index in [9.17, 15) is 0 Å². The van der Waals surface area contributed by atoms with Gasteiger partial charge in [0, 0.05) is 35.0 Å². The van der Waals surface area contributed by atoms with Crippen molar-refractivity contribution < 1.29 is 0 Å². The van der Waals surface area contributed by atoms with Gasteiger partial charge in [-0.25, -0.2) is 4.98 Å². The molecule has 0 bridgehead atoms. The van der Waals surface area contributed by atoms with E-state index in [4.69, 9.17) is 0 Å². The number of nitrogens with one attached hydrogen (secondary N) is 1. The minimum atomic E-state index is 0.769. The van der Waals surface area contributed by atoms with Crippen molar-refractivity contribution in [3.05, 3.63) is 34.9 Å². The Bertz CT molecular complexity index is 593. The number of hydrogen-bond acceptors (Lipinski definition) is 3. The van der Waals surface area contributed by atoms with Gasteiger partial charge in [0.1, 0.15) is 5.82 Å². The Morgan fingerprint density at radius 2 is 2.05 bits per heavy atom. The van der Waals surface area contributed by atoms with Crippen LogP contribution in [0, 0.1) is 5.92 Å². The molecule has 0 atom stereocenters. The molecule has 0 saturated carbocycles. The minimum Gasteiger partial charge on any atom is -0.359 e. The molecule has 106 valence electrons. The quantitative estimate of drug-likeness (QED) is 0.932. The molecule has 0 spiro atoms. The van der Waals surface area contributed by atoms with Crippen LogP contribution >= 0.6 is 15.9 Å². The summed E-state index contributed by atoms with van der Waals surface area (Å²) in [6.07, 6.45) is 4.43. The Hall–Kier alpha value is -1.13. The zero-order valence-electron chi connectivity index (χ0n) is 11.8. The number of nitrogens with zero attached hydrogens (tertiary/aromatic N) is 2. The van der Waals surface area contributed by atoms with Crippen LogP contribution in [0.1, 0.15) is 12.8 Å². The third kappa shape index (κ3) is 2.81. The summed E-state index contributed by atoms with van der Waals surface area (Å²) in [5.74, 6) is 1.85. The molecule has 1 N–H and O–H groups in total. The summed E-state index contributed by atoms with van der Waals surface area (Å²) < 4.78 is 1.13. The zero-order chi connectivity index (χ0) is 13.9. The molecule has 1 aromatic carbocycles. The number of pyridine rings is 1. The molecule has 3 rings (SSSR count). The molecule has 3 nitrogen and oxygen atoms in total. The van der Waals surface area contributed by atoms with Gasteiger partial charge >= 0.3 is 0 Å². The van der Waals surface area contributed by atoms with Crippen molar-refractivity contribution in [1.29, 1.82) is 0 Å². The van der Waals surface area contributed by atoms with Gasteiger partial charge in [0.2, 0.25) is 0 Å². The summed E-state index contributed by atoms with van der Waals surface area (Å²) in [4.78, 5) is 6.91.